The van der Waals surface area contributed by atoms with Gasteiger partial charge in [-0.2, -0.15) is 0 Å². The zero-order chi connectivity index (χ0) is 11.8. The maximum atomic E-state index is 2.33. The standard InChI is InChI=1S/C17H16/c1-12-8-16-10-14-6-4-3-5-7-15(14)11-17(16)9-13(12)2/h3-6,8-11H,7H2,1-2H3. The first-order chi connectivity index (χ1) is 8.24. The molecule has 0 N–H and O–H groups in total. The summed E-state index contributed by atoms with van der Waals surface area (Å²) in [6, 6.07) is 9.22. The molecule has 0 heteroatoms. The van der Waals surface area contributed by atoms with Crippen LogP contribution in [0, 0.1) is 13.8 Å². The predicted molar refractivity (Wildman–Crippen MR) is 75.3 cm³/mol. The molecule has 0 nitrogen and oxygen atoms in total. The summed E-state index contributed by atoms with van der Waals surface area (Å²) < 4.78 is 0. The quantitative estimate of drug-likeness (QED) is 0.609. The topological polar surface area (TPSA) is 0 Å². The van der Waals surface area contributed by atoms with E-state index in [0.717, 1.165) is 6.42 Å². The smallest absolute Gasteiger partial charge is 0.00882 e. The van der Waals surface area contributed by atoms with E-state index in [2.05, 4.69) is 62.4 Å². The molecule has 0 atom stereocenters. The maximum absolute atomic E-state index is 2.33. The van der Waals surface area contributed by atoms with E-state index < -0.39 is 0 Å². The van der Waals surface area contributed by atoms with Gasteiger partial charge in [0.15, 0.2) is 0 Å². The van der Waals surface area contributed by atoms with Gasteiger partial charge in [0.25, 0.3) is 0 Å². The van der Waals surface area contributed by atoms with Crippen LogP contribution in [0.25, 0.3) is 16.8 Å². The monoisotopic (exact) mass is 220 g/mol. The summed E-state index contributed by atoms with van der Waals surface area (Å²) in [5.41, 5.74) is 5.52. The highest BCUT2D eigenvalue weighted by Crippen LogP contribution is 2.26. The summed E-state index contributed by atoms with van der Waals surface area (Å²) in [6.45, 7) is 4.36. The molecule has 0 saturated carbocycles. The van der Waals surface area contributed by atoms with Gasteiger partial charge in [0.1, 0.15) is 0 Å². The Labute approximate surface area is 102 Å². The average molecular weight is 220 g/mol. The third kappa shape index (κ3) is 1.80. The highest BCUT2D eigenvalue weighted by atomic mass is 14.1. The summed E-state index contributed by atoms with van der Waals surface area (Å²) in [6.07, 6.45) is 9.70. The minimum Gasteiger partial charge on any atom is -0.0801 e. The summed E-state index contributed by atoms with van der Waals surface area (Å²) in [7, 11) is 0. The van der Waals surface area contributed by atoms with E-state index in [0.29, 0.717) is 0 Å². The Morgan fingerprint density at radius 3 is 2.29 bits per heavy atom. The van der Waals surface area contributed by atoms with Crippen LogP contribution in [0.1, 0.15) is 22.3 Å². The molecule has 17 heavy (non-hydrogen) atoms. The first-order valence-electron chi connectivity index (χ1n) is 6.11. The second-order valence-electron chi connectivity index (χ2n) is 4.83. The van der Waals surface area contributed by atoms with E-state index in [1.165, 1.54) is 33.0 Å². The molecule has 0 aliphatic heterocycles. The van der Waals surface area contributed by atoms with Crippen LogP contribution < -0.4 is 0 Å². The van der Waals surface area contributed by atoms with E-state index in [-0.39, 0.29) is 0 Å². The zero-order valence-corrected chi connectivity index (χ0v) is 10.3. The molecule has 0 amide bonds. The van der Waals surface area contributed by atoms with Crippen LogP contribution in [0.5, 0.6) is 0 Å². The van der Waals surface area contributed by atoms with E-state index >= 15 is 0 Å². The molecule has 0 unspecified atom stereocenters. The molecular formula is C17H16. The van der Waals surface area contributed by atoms with Crippen molar-refractivity contribution in [2.75, 3.05) is 0 Å². The van der Waals surface area contributed by atoms with Crippen molar-refractivity contribution in [1.29, 1.82) is 0 Å². The number of fused-ring (bicyclic) bond motifs is 2. The number of hydrogen-bond acceptors (Lipinski definition) is 0. The van der Waals surface area contributed by atoms with Crippen molar-refractivity contribution >= 4 is 16.8 Å². The van der Waals surface area contributed by atoms with Crippen LogP contribution in [0.4, 0.5) is 0 Å². The third-order valence-corrected chi connectivity index (χ3v) is 3.57. The molecule has 0 fully saturated rings. The minimum absolute atomic E-state index is 1.03. The van der Waals surface area contributed by atoms with Crippen LogP contribution in [-0.2, 0) is 6.42 Å². The molecule has 2 aromatic carbocycles. The molecule has 0 saturated heterocycles. The van der Waals surface area contributed by atoms with Crippen LogP contribution in [0.3, 0.4) is 0 Å². The Morgan fingerprint density at radius 1 is 0.824 bits per heavy atom. The van der Waals surface area contributed by atoms with Crippen molar-refractivity contribution in [3.8, 4) is 0 Å². The van der Waals surface area contributed by atoms with Gasteiger partial charge >= 0.3 is 0 Å². The molecule has 0 radical (unpaired) electrons. The van der Waals surface area contributed by atoms with Gasteiger partial charge in [-0.1, -0.05) is 42.5 Å². The summed E-state index contributed by atoms with van der Waals surface area (Å²) >= 11 is 0. The Kier molecular flexibility index (Phi) is 2.36. The Morgan fingerprint density at radius 2 is 1.53 bits per heavy atom. The van der Waals surface area contributed by atoms with Gasteiger partial charge in [0.2, 0.25) is 0 Å². The molecule has 1 aliphatic carbocycles. The molecule has 1 aliphatic rings. The second kappa shape index (κ2) is 3.89. The van der Waals surface area contributed by atoms with Crippen LogP contribution in [0.15, 0.2) is 42.5 Å². The number of rotatable bonds is 0. The van der Waals surface area contributed by atoms with Crippen LogP contribution >= 0.6 is 0 Å². The van der Waals surface area contributed by atoms with Crippen molar-refractivity contribution in [1.82, 2.24) is 0 Å². The van der Waals surface area contributed by atoms with Gasteiger partial charge < -0.3 is 0 Å². The van der Waals surface area contributed by atoms with Crippen molar-refractivity contribution < 1.29 is 0 Å². The SMILES string of the molecule is Cc1cc2cc3c(cc2cc1C)CC=CC=C3. The third-order valence-electron chi connectivity index (χ3n) is 3.57. The van der Waals surface area contributed by atoms with Gasteiger partial charge in [0, 0.05) is 0 Å². The summed E-state index contributed by atoms with van der Waals surface area (Å²) in [5.74, 6) is 0. The lowest BCUT2D eigenvalue weighted by molar-refractivity contribution is 1.27. The van der Waals surface area contributed by atoms with E-state index in [4.69, 9.17) is 0 Å². The fourth-order valence-corrected chi connectivity index (χ4v) is 2.41. The van der Waals surface area contributed by atoms with Gasteiger partial charge in [-0.3, -0.25) is 0 Å². The van der Waals surface area contributed by atoms with E-state index in [1.807, 2.05) is 0 Å². The first-order valence-corrected chi connectivity index (χ1v) is 6.11. The van der Waals surface area contributed by atoms with Crippen molar-refractivity contribution in [2.24, 2.45) is 0 Å². The fourth-order valence-electron chi connectivity index (χ4n) is 2.41. The molecule has 2 aromatic rings. The van der Waals surface area contributed by atoms with Crippen molar-refractivity contribution in [3.05, 3.63) is 64.7 Å². The first kappa shape index (κ1) is 10.3. The summed E-state index contributed by atoms with van der Waals surface area (Å²) in [5, 5.41) is 2.70. The van der Waals surface area contributed by atoms with Gasteiger partial charge in [-0.15, -0.1) is 0 Å². The van der Waals surface area contributed by atoms with Gasteiger partial charge in [-0.05, 0) is 59.4 Å². The summed E-state index contributed by atoms with van der Waals surface area (Å²) in [4.78, 5) is 0. The second-order valence-corrected chi connectivity index (χ2v) is 4.83. The average Bonchev–Trinajstić information content (AvgIpc) is 2.53. The molecule has 3 rings (SSSR count). The lowest BCUT2D eigenvalue weighted by Gasteiger charge is -2.09. The molecule has 0 aromatic heterocycles. The number of aryl methyl sites for hydroxylation is 2. The lowest BCUT2D eigenvalue weighted by atomic mass is 9.96. The van der Waals surface area contributed by atoms with Crippen molar-refractivity contribution in [3.63, 3.8) is 0 Å². The highest BCUT2D eigenvalue weighted by Gasteiger charge is 2.05. The molecule has 0 spiro atoms. The normalized spacial score (nSPS) is 13.8. The molecular weight excluding hydrogens is 204 g/mol. The number of allylic oxidation sites excluding steroid dienone is 3. The van der Waals surface area contributed by atoms with E-state index in [9.17, 15) is 0 Å². The minimum atomic E-state index is 1.03. The van der Waals surface area contributed by atoms with Crippen molar-refractivity contribution in [2.45, 2.75) is 20.3 Å². The van der Waals surface area contributed by atoms with Crippen LogP contribution in [0.2, 0.25) is 0 Å². The maximum Gasteiger partial charge on any atom is -0.00882 e. The Hall–Kier alpha value is -1.82. The molecule has 84 valence electrons. The highest BCUT2D eigenvalue weighted by molar-refractivity contribution is 5.87. The van der Waals surface area contributed by atoms with Crippen LogP contribution in [-0.4, -0.2) is 0 Å². The van der Waals surface area contributed by atoms with E-state index in [1.54, 1.807) is 0 Å². The number of hydrogen-bond donors (Lipinski definition) is 0. The Bertz CT molecular complexity index is 643. The van der Waals surface area contributed by atoms with Gasteiger partial charge in [-0.25, -0.2) is 0 Å². The fraction of sp³-hybridized carbons (Fsp3) is 0.176. The lowest BCUT2D eigenvalue weighted by Crippen LogP contribution is -1.89. The Balaban J connectivity index is 2.30. The zero-order valence-electron chi connectivity index (χ0n) is 10.3. The molecule has 0 bridgehead atoms. The molecule has 0 heterocycles. The largest absolute Gasteiger partial charge is 0.0801 e. The number of benzene rings is 2. The predicted octanol–water partition coefficient (Wildman–Crippen LogP) is 4.58. The van der Waals surface area contributed by atoms with Gasteiger partial charge in [0.05, 0.1) is 0 Å².